The van der Waals surface area contributed by atoms with Crippen LogP contribution in [0.5, 0.6) is 0 Å². The van der Waals surface area contributed by atoms with Crippen molar-refractivity contribution >= 4 is 5.95 Å². The number of aromatic nitrogens is 2. The molecule has 4 heteroatoms. The first-order valence-corrected chi connectivity index (χ1v) is 7.08. The van der Waals surface area contributed by atoms with Gasteiger partial charge in [0.15, 0.2) is 0 Å². The Balaban J connectivity index is 1.71. The van der Waals surface area contributed by atoms with Gasteiger partial charge in [-0.3, -0.25) is 0 Å². The Morgan fingerprint density at radius 1 is 1.17 bits per heavy atom. The molecule has 1 saturated carbocycles. The van der Waals surface area contributed by atoms with Gasteiger partial charge in [0.25, 0.3) is 0 Å². The molecular formula is C14H21N3O. The van der Waals surface area contributed by atoms with Gasteiger partial charge in [-0.1, -0.05) is 6.42 Å². The van der Waals surface area contributed by atoms with Gasteiger partial charge in [-0.15, -0.1) is 0 Å². The fourth-order valence-corrected chi connectivity index (χ4v) is 2.98. The topological polar surface area (TPSA) is 49.2 Å². The molecule has 3 rings (SSSR count). The Morgan fingerprint density at radius 2 is 1.94 bits per heavy atom. The van der Waals surface area contributed by atoms with Gasteiger partial charge in [0.05, 0.1) is 0 Å². The number of rotatable bonds is 4. The van der Waals surface area contributed by atoms with Gasteiger partial charge in [0, 0.05) is 31.6 Å². The van der Waals surface area contributed by atoms with Gasteiger partial charge in [-0.05, 0) is 43.6 Å². The van der Waals surface area contributed by atoms with E-state index in [2.05, 4.69) is 14.9 Å². The van der Waals surface area contributed by atoms with E-state index in [0.29, 0.717) is 12.0 Å². The van der Waals surface area contributed by atoms with Crippen molar-refractivity contribution in [2.75, 3.05) is 18.1 Å². The molecule has 0 radical (unpaired) electrons. The summed E-state index contributed by atoms with van der Waals surface area (Å²) in [5, 5.41) is 9.08. The van der Waals surface area contributed by atoms with Gasteiger partial charge in [-0.25, -0.2) is 9.97 Å². The second-order valence-electron chi connectivity index (χ2n) is 5.45. The van der Waals surface area contributed by atoms with Crippen LogP contribution < -0.4 is 4.90 Å². The maximum atomic E-state index is 9.08. The zero-order valence-electron chi connectivity index (χ0n) is 10.8. The Labute approximate surface area is 108 Å². The molecule has 0 bridgehead atoms. The quantitative estimate of drug-likeness (QED) is 0.885. The fourth-order valence-electron chi connectivity index (χ4n) is 2.98. The SMILES string of the molecule is OCCC1CCCN1c1ncc(C2CCC2)cn1. The van der Waals surface area contributed by atoms with Crippen LogP contribution in [0, 0.1) is 0 Å². The van der Waals surface area contributed by atoms with E-state index in [1.165, 1.54) is 31.2 Å². The van der Waals surface area contributed by atoms with Gasteiger partial charge in [-0.2, -0.15) is 0 Å². The van der Waals surface area contributed by atoms with Crippen molar-refractivity contribution in [1.29, 1.82) is 0 Å². The van der Waals surface area contributed by atoms with E-state index in [0.717, 1.165) is 25.3 Å². The van der Waals surface area contributed by atoms with Crippen molar-refractivity contribution in [1.82, 2.24) is 9.97 Å². The summed E-state index contributed by atoms with van der Waals surface area (Å²) in [5.41, 5.74) is 1.29. The van der Waals surface area contributed by atoms with Crippen LogP contribution >= 0.6 is 0 Å². The standard InChI is InChI=1S/C14H21N3O/c18-8-6-13-5-2-7-17(13)14-15-9-12(10-16-14)11-3-1-4-11/h9-11,13,18H,1-8H2. The predicted molar refractivity (Wildman–Crippen MR) is 70.7 cm³/mol. The molecule has 2 heterocycles. The van der Waals surface area contributed by atoms with Crippen LogP contribution in [0.2, 0.25) is 0 Å². The maximum absolute atomic E-state index is 9.08. The first-order valence-electron chi connectivity index (χ1n) is 7.08. The average molecular weight is 247 g/mol. The van der Waals surface area contributed by atoms with Crippen molar-refractivity contribution in [2.24, 2.45) is 0 Å². The number of aliphatic hydroxyl groups excluding tert-OH is 1. The molecule has 18 heavy (non-hydrogen) atoms. The molecule has 1 aromatic rings. The molecule has 1 atom stereocenters. The largest absolute Gasteiger partial charge is 0.396 e. The van der Waals surface area contributed by atoms with Crippen molar-refractivity contribution in [2.45, 2.75) is 50.5 Å². The molecule has 1 saturated heterocycles. The molecule has 1 N–H and O–H groups in total. The van der Waals surface area contributed by atoms with Crippen LogP contribution in [0.25, 0.3) is 0 Å². The van der Waals surface area contributed by atoms with Crippen molar-refractivity contribution in [3.05, 3.63) is 18.0 Å². The van der Waals surface area contributed by atoms with Crippen LogP contribution in [0.4, 0.5) is 5.95 Å². The van der Waals surface area contributed by atoms with Crippen molar-refractivity contribution in [3.8, 4) is 0 Å². The Morgan fingerprint density at radius 3 is 2.56 bits per heavy atom. The molecule has 4 nitrogen and oxygen atoms in total. The van der Waals surface area contributed by atoms with Crippen molar-refractivity contribution < 1.29 is 5.11 Å². The third-order valence-corrected chi connectivity index (χ3v) is 4.33. The highest BCUT2D eigenvalue weighted by Crippen LogP contribution is 2.36. The smallest absolute Gasteiger partial charge is 0.225 e. The summed E-state index contributed by atoms with van der Waals surface area (Å²) in [4.78, 5) is 11.3. The highest BCUT2D eigenvalue weighted by molar-refractivity contribution is 5.34. The van der Waals surface area contributed by atoms with Crippen LogP contribution in [0.1, 0.15) is 50.0 Å². The van der Waals surface area contributed by atoms with Crippen LogP contribution in [-0.4, -0.2) is 34.3 Å². The Hall–Kier alpha value is -1.16. The number of hydrogen-bond donors (Lipinski definition) is 1. The summed E-state index contributed by atoms with van der Waals surface area (Å²) in [7, 11) is 0. The number of aliphatic hydroxyl groups is 1. The van der Waals surface area contributed by atoms with E-state index < -0.39 is 0 Å². The summed E-state index contributed by atoms with van der Waals surface area (Å²) >= 11 is 0. The normalized spacial score (nSPS) is 24.3. The first kappa shape index (κ1) is 11.9. The lowest BCUT2D eigenvalue weighted by Gasteiger charge is -2.27. The van der Waals surface area contributed by atoms with E-state index in [1.807, 2.05) is 12.4 Å². The molecule has 0 aromatic carbocycles. The zero-order valence-corrected chi connectivity index (χ0v) is 10.8. The van der Waals surface area contributed by atoms with Crippen LogP contribution in [0.3, 0.4) is 0 Å². The second kappa shape index (κ2) is 5.22. The van der Waals surface area contributed by atoms with E-state index >= 15 is 0 Å². The maximum Gasteiger partial charge on any atom is 0.225 e. The van der Waals surface area contributed by atoms with Gasteiger partial charge in [0.1, 0.15) is 0 Å². The molecule has 0 spiro atoms. The minimum absolute atomic E-state index is 0.251. The van der Waals surface area contributed by atoms with E-state index in [1.54, 1.807) is 0 Å². The molecule has 2 aliphatic rings. The van der Waals surface area contributed by atoms with E-state index in [4.69, 9.17) is 5.11 Å². The van der Waals surface area contributed by atoms with Crippen LogP contribution in [0.15, 0.2) is 12.4 Å². The second-order valence-corrected chi connectivity index (χ2v) is 5.45. The van der Waals surface area contributed by atoms with Crippen molar-refractivity contribution in [3.63, 3.8) is 0 Å². The minimum Gasteiger partial charge on any atom is -0.396 e. The lowest BCUT2D eigenvalue weighted by molar-refractivity contribution is 0.275. The number of anilines is 1. The predicted octanol–water partition coefficient (Wildman–Crippen LogP) is 2.10. The summed E-state index contributed by atoms with van der Waals surface area (Å²) in [6.45, 7) is 1.27. The van der Waals surface area contributed by atoms with E-state index in [9.17, 15) is 0 Å². The average Bonchev–Trinajstić information content (AvgIpc) is 2.77. The molecule has 2 fully saturated rings. The number of nitrogens with zero attached hydrogens (tertiary/aromatic N) is 3. The minimum atomic E-state index is 0.251. The van der Waals surface area contributed by atoms with Gasteiger partial charge < -0.3 is 10.0 Å². The van der Waals surface area contributed by atoms with Crippen LogP contribution in [-0.2, 0) is 0 Å². The van der Waals surface area contributed by atoms with E-state index in [-0.39, 0.29) is 6.61 Å². The lowest BCUT2D eigenvalue weighted by atomic mass is 9.81. The molecule has 1 unspecified atom stereocenters. The monoisotopic (exact) mass is 247 g/mol. The van der Waals surface area contributed by atoms with Gasteiger partial charge in [0.2, 0.25) is 5.95 Å². The molecule has 1 aliphatic heterocycles. The third-order valence-electron chi connectivity index (χ3n) is 4.33. The fraction of sp³-hybridized carbons (Fsp3) is 0.714. The third kappa shape index (κ3) is 2.21. The summed E-state index contributed by atoms with van der Waals surface area (Å²) in [6, 6.07) is 0.421. The Bertz CT molecular complexity index is 389. The van der Waals surface area contributed by atoms with Gasteiger partial charge >= 0.3 is 0 Å². The molecular weight excluding hydrogens is 226 g/mol. The Kier molecular flexibility index (Phi) is 3.46. The molecule has 0 amide bonds. The summed E-state index contributed by atoms with van der Waals surface area (Å²) in [6.07, 6.45) is 11.1. The lowest BCUT2D eigenvalue weighted by Crippen LogP contribution is -2.31. The highest BCUT2D eigenvalue weighted by Gasteiger charge is 2.26. The highest BCUT2D eigenvalue weighted by atomic mass is 16.3. The zero-order chi connectivity index (χ0) is 12.4. The molecule has 1 aromatic heterocycles. The number of hydrogen-bond acceptors (Lipinski definition) is 4. The first-order chi connectivity index (χ1) is 8.88. The summed E-state index contributed by atoms with van der Waals surface area (Å²) < 4.78 is 0. The summed E-state index contributed by atoms with van der Waals surface area (Å²) in [5.74, 6) is 1.54. The molecule has 98 valence electrons. The molecule has 1 aliphatic carbocycles.